The zero-order chi connectivity index (χ0) is 19.9. The zero-order valence-corrected chi connectivity index (χ0v) is 15.9. The highest BCUT2D eigenvalue weighted by Crippen LogP contribution is 2.24. The molecule has 28 heavy (non-hydrogen) atoms. The number of rotatable bonds is 5. The van der Waals surface area contributed by atoms with Crippen molar-refractivity contribution in [3.8, 4) is 0 Å². The second-order valence-electron chi connectivity index (χ2n) is 6.84. The first kappa shape index (κ1) is 19.6. The van der Waals surface area contributed by atoms with Gasteiger partial charge in [-0.2, -0.15) is 0 Å². The highest BCUT2D eigenvalue weighted by molar-refractivity contribution is 5.95. The number of likely N-dealkylation sites (tertiary alicyclic amines) is 1. The van der Waals surface area contributed by atoms with E-state index in [2.05, 4.69) is 5.32 Å². The van der Waals surface area contributed by atoms with Gasteiger partial charge < -0.3 is 15.0 Å². The van der Waals surface area contributed by atoms with E-state index < -0.39 is 12.1 Å². The lowest BCUT2D eigenvalue weighted by molar-refractivity contribution is -0.142. The fraction of sp³-hybridized carbons (Fsp3) is 0.318. The Labute approximate surface area is 164 Å². The van der Waals surface area contributed by atoms with Crippen LogP contribution >= 0.6 is 0 Å². The molecule has 1 saturated heterocycles. The van der Waals surface area contributed by atoms with Crippen LogP contribution in [0.2, 0.25) is 0 Å². The number of hydrogen-bond donors (Lipinski definition) is 1. The van der Waals surface area contributed by atoms with Crippen LogP contribution < -0.4 is 5.32 Å². The van der Waals surface area contributed by atoms with Crippen molar-refractivity contribution in [2.75, 3.05) is 18.4 Å². The summed E-state index contributed by atoms with van der Waals surface area (Å²) in [6, 6.07) is 15.5. The van der Waals surface area contributed by atoms with Gasteiger partial charge in [0.15, 0.2) is 0 Å². The van der Waals surface area contributed by atoms with E-state index in [1.165, 1.54) is 13.0 Å². The van der Waals surface area contributed by atoms with Crippen LogP contribution in [0.15, 0.2) is 54.6 Å². The molecular formula is C22H24N2O4. The number of nitrogens with one attached hydrogen (secondary N) is 1. The van der Waals surface area contributed by atoms with Crippen molar-refractivity contribution in [1.82, 2.24) is 4.90 Å². The molecule has 1 aliphatic heterocycles. The fourth-order valence-corrected chi connectivity index (χ4v) is 3.27. The van der Waals surface area contributed by atoms with Gasteiger partial charge in [-0.3, -0.25) is 9.59 Å². The first-order valence-electron chi connectivity index (χ1n) is 9.47. The molecule has 0 spiro atoms. The summed E-state index contributed by atoms with van der Waals surface area (Å²) in [6.07, 6.45) is 2.03. The van der Waals surface area contributed by atoms with Gasteiger partial charge in [0.1, 0.15) is 0 Å². The minimum absolute atomic E-state index is 0.197. The predicted octanol–water partition coefficient (Wildman–Crippen LogP) is 3.56. The highest BCUT2D eigenvalue weighted by Gasteiger charge is 2.30. The number of piperidine rings is 1. The first-order valence-corrected chi connectivity index (χ1v) is 9.47. The molecule has 1 N–H and O–H groups in total. The van der Waals surface area contributed by atoms with Crippen molar-refractivity contribution in [1.29, 1.82) is 0 Å². The topological polar surface area (TPSA) is 75.7 Å². The minimum atomic E-state index is -0.990. The van der Waals surface area contributed by atoms with Crippen LogP contribution in [0.5, 0.6) is 0 Å². The third kappa shape index (κ3) is 4.97. The molecule has 6 heteroatoms. The predicted molar refractivity (Wildman–Crippen MR) is 106 cm³/mol. The number of benzene rings is 2. The van der Waals surface area contributed by atoms with Gasteiger partial charge in [0.2, 0.25) is 12.0 Å². The number of anilines is 1. The molecule has 2 aromatic carbocycles. The summed E-state index contributed by atoms with van der Waals surface area (Å²) in [5.74, 6) is -1.03. The number of esters is 1. The second-order valence-corrected chi connectivity index (χ2v) is 6.84. The van der Waals surface area contributed by atoms with Crippen molar-refractivity contribution >= 4 is 23.5 Å². The molecule has 0 aromatic heterocycles. The molecule has 6 nitrogen and oxygen atoms in total. The van der Waals surface area contributed by atoms with Gasteiger partial charge >= 0.3 is 5.97 Å². The van der Waals surface area contributed by atoms with Crippen LogP contribution in [0.3, 0.4) is 0 Å². The number of hydrogen-bond acceptors (Lipinski definition) is 4. The van der Waals surface area contributed by atoms with E-state index >= 15 is 0 Å². The summed E-state index contributed by atoms with van der Waals surface area (Å²) in [5, 5.41) is 2.64. The maximum absolute atomic E-state index is 13.1. The number of amides is 2. The maximum Gasteiger partial charge on any atom is 0.339 e. The van der Waals surface area contributed by atoms with Crippen molar-refractivity contribution in [3.63, 3.8) is 0 Å². The molecule has 3 rings (SSSR count). The fourth-order valence-electron chi connectivity index (χ4n) is 3.27. The van der Waals surface area contributed by atoms with Crippen LogP contribution in [0.1, 0.15) is 48.2 Å². The van der Waals surface area contributed by atoms with Crippen LogP contribution in [-0.2, 0) is 14.3 Å². The van der Waals surface area contributed by atoms with E-state index in [0.717, 1.165) is 19.3 Å². The Hall–Kier alpha value is -3.15. The van der Waals surface area contributed by atoms with E-state index in [4.69, 9.17) is 4.74 Å². The number of carbonyl (C=O) groups is 3. The largest absolute Gasteiger partial charge is 0.444 e. The molecule has 0 bridgehead atoms. The Bertz CT molecular complexity index is 845. The maximum atomic E-state index is 13.1. The van der Waals surface area contributed by atoms with Crippen LogP contribution in [-0.4, -0.2) is 35.8 Å². The third-order valence-electron chi connectivity index (χ3n) is 4.64. The van der Waals surface area contributed by atoms with Crippen molar-refractivity contribution in [3.05, 3.63) is 65.7 Å². The lowest BCUT2D eigenvalue weighted by Gasteiger charge is -2.30. The Kier molecular flexibility index (Phi) is 6.42. The lowest BCUT2D eigenvalue weighted by Crippen LogP contribution is -2.40. The summed E-state index contributed by atoms with van der Waals surface area (Å²) >= 11 is 0. The Morgan fingerprint density at radius 1 is 0.964 bits per heavy atom. The normalized spacial score (nSPS) is 14.8. The van der Waals surface area contributed by atoms with Gasteiger partial charge in [-0.05, 0) is 37.5 Å². The average molecular weight is 380 g/mol. The standard InChI is InChI=1S/C22H24N2O4/c1-16(25)23-19-12-8-11-18(15-19)22(27)28-20(17-9-4-2-5-10-17)21(26)24-13-6-3-7-14-24/h2,4-5,8-12,15,20H,3,6-7,13-14H2,1H3,(H,23,25)/t20-/m0/s1. The molecule has 0 aliphatic carbocycles. The highest BCUT2D eigenvalue weighted by atomic mass is 16.5. The Balaban J connectivity index is 1.82. The quantitative estimate of drug-likeness (QED) is 0.805. The molecule has 2 amide bonds. The minimum Gasteiger partial charge on any atom is -0.444 e. The Morgan fingerprint density at radius 3 is 2.36 bits per heavy atom. The van der Waals surface area contributed by atoms with Crippen LogP contribution in [0.4, 0.5) is 5.69 Å². The van der Waals surface area contributed by atoms with E-state index in [9.17, 15) is 14.4 Å². The van der Waals surface area contributed by atoms with Gasteiger partial charge in [-0.15, -0.1) is 0 Å². The van der Waals surface area contributed by atoms with E-state index in [1.807, 2.05) is 18.2 Å². The number of nitrogens with zero attached hydrogens (tertiary/aromatic N) is 1. The molecular weight excluding hydrogens is 356 g/mol. The third-order valence-corrected chi connectivity index (χ3v) is 4.64. The molecule has 0 radical (unpaired) electrons. The van der Waals surface area contributed by atoms with Gasteiger partial charge in [0, 0.05) is 31.3 Å². The van der Waals surface area contributed by atoms with E-state index in [0.29, 0.717) is 24.3 Å². The SMILES string of the molecule is CC(=O)Nc1cccc(C(=O)O[C@H](C(=O)N2CCCCC2)c2ccccc2)c1. The number of carbonyl (C=O) groups excluding carboxylic acids is 3. The molecule has 1 atom stereocenters. The molecule has 2 aromatic rings. The molecule has 146 valence electrons. The lowest BCUT2D eigenvalue weighted by atomic mass is 10.1. The summed E-state index contributed by atoms with van der Waals surface area (Å²) < 4.78 is 5.65. The summed E-state index contributed by atoms with van der Waals surface area (Å²) in [4.78, 5) is 38.8. The van der Waals surface area contributed by atoms with Crippen molar-refractivity contribution < 1.29 is 19.1 Å². The zero-order valence-electron chi connectivity index (χ0n) is 15.9. The molecule has 0 saturated carbocycles. The van der Waals surface area contributed by atoms with Gasteiger partial charge in [-0.1, -0.05) is 36.4 Å². The van der Waals surface area contributed by atoms with Gasteiger partial charge in [0.25, 0.3) is 5.91 Å². The molecule has 1 aliphatic rings. The second kappa shape index (κ2) is 9.17. The van der Waals surface area contributed by atoms with Crippen LogP contribution in [0.25, 0.3) is 0 Å². The van der Waals surface area contributed by atoms with Gasteiger partial charge in [0.05, 0.1) is 5.56 Å². The first-order chi connectivity index (χ1) is 13.5. The van der Waals surface area contributed by atoms with E-state index in [-0.39, 0.29) is 17.4 Å². The van der Waals surface area contributed by atoms with Crippen LogP contribution in [0, 0.1) is 0 Å². The summed E-state index contributed by atoms with van der Waals surface area (Å²) in [7, 11) is 0. The van der Waals surface area contributed by atoms with Gasteiger partial charge in [-0.25, -0.2) is 4.79 Å². The smallest absolute Gasteiger partial charge is 0.339 e. The Morgan fingerprint density at radius 2 is 1.68 bits per heavy atom. The molecule has 1 fully saturated rings. The monoisotopic (exact) mass is 380 g/mol. The summed E-state index contributed by atoms with van der Waals surface area (Å²) in [6.45, 7) is 2.75. The van der Waals surface area contributed by atoms with Crippen molar-refractivity contribution in [2.24, 2.45) is 0 Å². The summed E-state index contributed by atoms with van der Waals surface area (Å²) in [5.41, 5.74) is 1.42. The molecule has 1 heterocycles. The molecule has 0 unspecified atom stereocenters. The van der Waals surface area contributed by atoms with E-state index in [1.54, 1.807) is 35.2 Å². The van der Waals surface area contributed by atoms with Crippen molar-refractivity contribution in [2.45, 2.75) is 32.3 Å². The average Bonchev–Trinajstić information content (AvgIpc) is 2.72. The number of ether oxygens (including phenoxy) is 1.